The van der Waals surface area contributed by atoms with Crippen molar-refractivity contribution in [2.75, 3.05) is 34.0 Å². The molecule has 0 aromatic heterocycles. The summed E-state index contributed by atoms with van der Waals surface area (Å²) in [4.78, 5) is 23.0. The smallest absolute Gasteiger partial charge is 0.329 e. The van der Waals surface area contributed by atoms with Crippen LogP contribution in [0.25, 0.3) is 0 Å². The van der Waals surface area contributed by atoms with Gasteiger partial charge in [0.15, 0.2) is 11.5 Å². The number of carbonyl (C=O) groups is 2. The predicted octanol–water partition coefficient (Wildman–Crippen LogP) is 1.35. The van der Waals surface area contributed by atoms with Gasteiger partial charge in [-0.1, -0.05) is 18.5 Å². The zero-order chi connectivity index (χ0) is 18.7. The Hall–Kier alpha value is -2.32. The second-order valence-electron chi connectivity index (χ2n) is 4.83. The van der Waals surface area contributed by atoms with Crippen LogP contribution in [-0.4, -0.2) is 52.0 Å². The Morgan fingerprint density at radius 2 is 2.00 bits per heavy atom. The fourth-order valence-electron chi connectivity index (χ4n) is 1.72. The van der Waals surface area contributed by atoms with Gasteiger partial charge in [0, 0.05) is 13.7 Å². The number of methoxy groups -OCH3 is 2. The van der Waals surface area contributed by atoms with E-state index in [1.54, 1.807) is 12.1 Å². The van der Waals surface area contributed by atoms with E-state index in [9.17, 15) is 9.59 Å². The molecule has 1 aromatic rings. The molecule has 2 N–H and O–H groups in total. The fraction of sp³-hybridized carbons (Fsp3) is 0.438. The number of hydrogen-bond acceptors (Lipinski definition) is 6. The number of nitrogens with zero attached hydrogens (tertiary/aromatic N) is 1. The first-order chi connectivity index (χ1) is 12.0. The average Bonchev–Trinajstić information content (AvgIpc) is 2.60. The van der Waals surface area contributed by atoms with Gasteiger partial charge < -0.3 is 19.5 Å². The van der Waals surface area contributed by atoms with Crippen LogP contribution in [0.3, 0.4) is 0 Å². The van der Waals surface area contributed by atoms with E-state index in [1.165, 1.54) is 20.4 Å². The van der Waals surface area contributed by atoms with Gasteiger partial charge in [-0.05, 0) is 24.1 Å². The van der Waals surface area contributed by atoms with Crippen LogP contribution in [0.5, 0.6) is 11.5 Å². The molecule has 0 heterocycles. The molecule has 0 bridgehead atoms. The first-order valence-electron chi connectivity index (χ1n) is 7.64. The van der Waals surface area contributed by atoms with Gasteiger partial charge >= 0.3 is 11.8 Å². The third-order valence-electron chi connectivity index (χ3n) is 2.88. The molecule has 0 saturated heterocycles. The lowest BCUT2D eigenvalue weighted by Gasteiger charge is -2.12. The van der Waals surface area contributed by atoms with Gasteiger partial charge in [-0.3, -0.25) is 9.59 Å². The quantitative estimate of drug-likeness (QED) is 0.295. The van der Waals surface area contributed by atoms with Crippen molar-refractivity contribution in [3.8, 4) is 11.5 Å². The van der Waals surface area contributed by atoms with Crippen molar-refractivity contribution in [3.63, 3.8) is 0 Å². The van der Waals surface area contributed by atoms with Crippen LogP contribution in [0.1, 0.15) is 18.9 Å². The molecule has 2 amide bonds. The highest BCUT2D eigenvalue weighted by molar-refractivity contribution is 6.35. The van der Waals surface area contributed by atoms with Crippen LogP contribution in [0.2, 0.25) is 5.02 Å². The summed E-state index contributed by atoms with van der Waals surface area (Å²) in [5.74, 6) is -0.780. The van der Waals surface area contributed by atoms with Crippen LogP contribution >= 0.6 is 11.6 Å². The number of ether oxygens (including phenoxy) is 3. The molecule has 8 nitrogen and oxygen atoms in total. The lowest BCUT2D eigenvalue weighted by molar-refractivity contribution is -0.139. The van der Waals surface area contributed by atoms with E-state index in [4.69, 9.17) is 25.8 Å². The molecule has 0 fully saturated rings. The Bertz CT molecular complexity index is 622. The van der Waals surface area contributed by atoms with E-state index >= 15 is 0 Å². The Morgan fingerprint density at radius 1 is 1.24 bits per heavy atom. The summed E-state index contributed by atoms with van der Waals surface area (Å²) in [5, 5.41) is 6.47. The summed E-state index contributed by atoms with van der Waals surface area (Å²) in [5.41, 5.74) is 2.70. The lowest BCUT2D eigenvalue weighted by Crippen LogP contribution is -2.39. The highest BCUT2D eigenvalue weighted by atomic mass is 35.5. The van der Waals surface area contributed by atoms with Crippen LogP contribution in [-0.2, 0) is 14.3 Å². The molecule has 1 aromatic carbocycles. The molecule has 0 radical (unpaired) electrons. The van der Waals surface area contributed by atoms with Crippen molar-refractivity contribution in [1.82, 2.24) is 10.7 Å². The maximum atomic E-state index is 11.5. The monoisotopic (exact) mass is 371 g/mol. The molecule has 0 aliphatic carbocycles. The Morgan fingerprint density at radius 3 is 2.64 bits per heavy atom. The standard InChI is InChI=1S/C16H22ClN3O5/c1-4-6-25-14-12(17)8-11(9-13(14)24-3)10-19-20-16(22)15(21)18-5-7-23-2/h8-10H,4-7H2,1-3H3,(H,18,21)(H,20,22)/b19-10-. The molecule has 138 valence electrons. The average molecular weight is 372 g/mol. The van der Waals surface area contributed by atoms with Gasteiger partial charge in [0.25, 0.3) is 0 Å². The highest BCUT2D eigenvalue weighted by Gasteiger charge is 2.13. The van der Waals surface area contributed by atoms with Crippen LogP contribution in [0.15, 0.2) is 17.2 Å². The molecule has 0 atom stereocenters. The summed E-state index contributed by atoms with van der Waals surface area (Å²) in [6.07, 6.45) is 2.18. The van der Waals surface area contributed by atoms with Gasteiger partial charge in [-0.25, -0.2) is 5.43 Å². The Kier molecular flexibility index (Phi) is 9.34. The van der Waals surface area contributed by atoms with E-state index in [0.717, 1.165) is 6.42 Å². The van der Waals surface area contributed by atoms with E-state index in [0.29, 0.717) is 35.3 Å². The van der Waals surface area contributed by atoms with Crippen LogP contribution in [0.4, 0.5) is 0 Å². The van der Waals surface area contributed by atoms with Gasteiger partial charge in [-0.2, -0.15) is 5.10 Å². The zero-order valence-corrected chi connectivity index (χ0v) is 15.2. The summed E-state index contributed by atoms with van der Waals surface area (Å²) in [7, 11) is 2.99. The second kappa shape index (κ2) is 11.3. The summed E-state index contributed by atoms with van der Waals surface area (Å²) in [6.45, 7) is 3.04. The SMILES string of the molecule is CCCOc1c(Cl)cc(/C=N\NC(=O)C(=O)NCCOC)cc1OC. The van der Waals surface area contributed by atoms with Crippen LogP contribution < -0.4 is 20.2 Å². The lowest BCUT2D eigenvalue weighted by atomic mass is 10.2. The third kappa shape index (κ3) is 6.98. The van der Waals surface area contributed by atoms with Crippen molar-refractivity contribution in [2.45, 2.75) is 13.3 Å². The van der Waals surface area contributed by atoms with E-state index in [1.807, 2.05) is 6.92 Å². The zero-order valence-electron chi connectivity index (χ0n) is 14.4. The molecule has 25 heavy (non-hydrogen) atoms. The van der Waals surface area contributed by atoms with Gasteiger partial charge in [0.2, 0.25) is 0 Å². The van der Waals surface area contributed by atoms with Crippen LogP contribution in [0, 0.1) is 0 Å². The molecule has 0 unspecified atom stereocenters. The second-order valence-corrected chi connectivity index (χ2v) is 5.24. The first-order valence-corrected chi connectivity index (χ1v) is 8.01. The first kappa shape index (κ1) is 20.7. The van der Waals surface area contributed by atoms with E-state index in [2.05, 4.69) is 15.8 Å². The minimum atomic E-state index is -0.881. The fourth-order valence-corrected chi connectivity index (χ4v) is 2.00. The van der Waals surface area contributed by atoms with E-state index < -0.39 is 11.8 Å². The summed E-state index contributed by atoms with van der Waals surface area (Å²) < 4.78 is 15.6. The predicted molar refractivity (Wildman–Crippen MR) is 94.4 cm³/mol. The number of amides is 2. The number of hydrogen-bond donors (Lipinski definition) is 2. The Balaban J connectivity index is 2.69. The van der Waals surface area contributed by atoms with Crippen molar-refractivity contribution in [2.24, 2.45) is 5.10 Å². The summed E-state index contributed by atoms with van der Waals surface area (Å²) >= 11 is 6.18. The Labute approximate surface area is 151 Å². The molecule has 0 aliphatic heterocycles. The van der Waals surface area contributed by atoms with Gasteiger partial charge in [0.1, 0.15) is 0 Å². The maximum absolute atomic E-state index is 11.5. The molecule has 9 heteroatoms. The number of carbonyl (C=O) groups excluding carboxylic acids is 2. The van der Waals surface area contributed by atoms with Crippen molar-refractivity contribution >= 4 is 29.6 Å². The number of benzene rings is 1. The minimum absolute atomic E-state index is 0.235. The molecule has 0 aliphatic rings. The van der Waals surface area contributed by atoms with Crippen molar-refractivity contribution in [3.05, 3.63) is 22.7 Å². The topological polar surface area (TPSA) is 98.2 Å². The molecular formula is C16H22ClN3O5. The van der Waals surface area contributed by atoms with E-state index in [-0.39, 0.29) is 6.54 Å². The van der Waals surface area contributed by atoms with Crippen molar-refractivity contribution < 1.29 is 23.8 Å². The normalized spacial score (nSPS) is 10.6. The molecule has 1 rings (SSSR count). The third-order valence-corrected chi connectivity index (χ3v) is 3.16. The maximum Gasteiger partial charge on any atom is 0.329 e. The molecule has 0 spiro atoms. The van der Waals surface area contributed by atoms with Crippen molar-refractivity contribution in [1.29, 1.82) is 0 Å². The van der Waals surface area contributed by atoms with Gasteiger partial charge in [0.05, 0.1) is 31.6 Å². The minimum Gasteiger partial charge on any atom is -0.493 e. The van der Waals surface area contributed by atoms with Gasteiger partial charge in [-0.15, -0.1) is 0 Å². The number of nitrogens with one attached hydrogen (secondary N) is 2. The number of rotatable bonds is 9. The summed E-state index contributed by atoms with van der Waals surface area (Å²) in [6, 6.07) is 3.27. The number of halogens is 1. The highest BCUT2D eigenvalue weighted by Crippen LogP contribution is 2.36. The number of hydrazone groups is 1. The molecule has 0 saturated carbocycles. The molecular weight excluding hydrogens is 350 g/mol. The largest absolute Gasteiger partial charge is 0.493 e.